The van der Waals surface area contributed by atoms with Crippen molar-refractivity contribution in [3.05, 3.63) is 53.7 Å². The van der Waals surface area contributed by atoms with Crippen LogP contribution in [0.15, 0.2) is 47.8 Å². The average Bonchev–Trinajstić information content (AvgIpc) is 3.26. The van der Waals surface area contributed by atoms with Gasteiger partial charge >= 0.3 is 5.97 Å². The molecule has 2 unspecified atom stereocenters. The van der Waals surface area contributed by atoms with Gasteiger partial charge in [0.2, 0.25) is 0 Å². The van der Waals surface area contributed by atoms with Crippen molar-refractivity contribution in [2.24, 2.45) is 10.9 Å². The van der Waals surface area contributed by atoms with Crippen LogP contribution in [-0.2, 0) is 19.7 Å². The molecule has 3 aromatic rings. The number of ether oxygens (including phenoxy) is 1. The van der Waals surface area contributed by atoms with Crippen molar-refractivity contribution in [2.75, 3.05) is 6.54 Å². The molecule has 0 amide bonds. The lowest BCUT2D eigenvalue weighted by molar-refractivity contribution is -0.161. The van der Waals surface area contributed by atoms with Crippen molar-refractivity contribution in [1.82, 2.24) is 9.78 Å². The fourth-order valence-corrected chi connectivity index (χ4v) is 4.04. The second-order valence-electron chi connectivity index (χ2n) is 9.92. The van der Waals surface area contributed by atoms with E-state index >= 15 is 0 Å². The Bertz CT molecular complexity index is 1220. The van der Waals surface area contributed by atoms with Gasteiger partial charge in [0.1, 0.15) is 23.3 Å². The van der Waals surface area contributed by atoms with Gasteiger partial charge in [-0.2, -0.15) is 5.10 Å². The van der Waals surface area contributed by atoms with Gasteiger partial charge in [-0.15, -0.1) is 0 Å². The van der Waals surface area contributed by atoms with Crippen LogP contribution in [0.4, 0.5) is 0 Å². The van der Waals surface area contributed by atoms with Gasteiger partial charge in [-0.25, -0.2) is 0 Å². The van der Waals surface area contributed by atoms with E-state index in [1.807, 2.05) is 70.3 Å². The Morgan fingerprint density at radius 1 is 1.20 bits per heavy atom. The van der Waals surface area contributed by atoms with Crippen LogP contribution in [0.1, 0.15) is 64.6 Å². The van der Waals surface area contributed by atoms with E-state index in [0.29, 0.717) is 17.5 Å². The fourth-order valence-electron chi connectivity index (χ4n) is 4.04. The predicted octanol–water partition coefficient (Wildman–Crippen LogP) is 4.61. The van der Waals surface area contributed by atoms with Crippen molar-refractivity contribution in [2.45, 2.75) is 64.5 Å². The van der Waals surface area contributed by atoms with Crippen LogP contribution in [0.25, 0.3) is 22.0 Å². The predicted molar refractivity (Wildman–Crippen MR) is 137 cm³/mol. The van der Waals surface area contributed by atoms with Gasteiger partial charge in [0, 0.05) is 23.7 Å². The summed E-state index contributed by atoms with van der Waals surface area (Å²) < 4.78 is 7.28. The lowest BCUT2D eigenvalue weighted by Crippen LogP contribution is -2.44. The number of fused-ring (bicyclic) bond motifs is 1. The number of benzene rings is 2. The molecule has 2 atom stereocenters. The third-order valence-corrected chi connectivity index (χ3v) is 6.11. The monoisotopic (exact) mass is 478 g/mol. The third-order valence-electron chi connectivity index (χ3n) is 6.11. The Morgan fingerprint density at radius 2 is 1.89 bits per heavy atom. The van der Waals surface area contributed by atoms with Crippen molar-refractivity contribution >= 4 is 29.4 Å². The van der Waals surface area contributed by atoms with Gasteiger partial charge in [-0.3, -0.25) is 9.48 Å². The molecular formula is C27H34N4O4. The summed E-state index contributed by atoms with van der Waals surface area (Å²) in [6, 6.07) is 11.0. The third kappa shape index (κ3) is 5.43. The van der Waals surface area contributed by atoms with E-state index in [9.17, 15) is 14.8 Å². The lowest BCUT2D eigenvalue weighted by Gasteiger charge is -2.31. The molecule has 0 radical (unpaired) electrons. The van der Waals surface area contributed by atoms with Crippen molar-refractivity contribution in [3.63, 3.8) is 0 Å². The molecule has 186 valence electrons. The highest BCUT2D eigenvalue weighted by Gasteiger charge is 2.37. The number of aromatic nitrogens is 2. The maximum absolute atomic E-state index is 12.9. The van der Waals surface area contributed by atoms with Gasteiger partial charge in [-0.1, -0.05) is 48.8 Å². The first-order chi connectivity index (χ1) is 16.6. The Labute approximate surface area is 205 Å². The van der Waals surface area contributed by atoms with E-state index in [2.05, 4.69) is 10.3 Å². The number of oxime groups is 1. The lowest BCUT2D eigenvalue weighted by atomic mass is 9.81. The fraction of sp³-hybridized carbons (Fsp3) is 0.407. The second kappa shape index (κ2) is 10.4. The maximum atomic E-state index is 12.9. The summed E-state index contributed by atoms with van der Waals surface area (Å²) in [6.07, 6.45) is 5.62. The summed E-state index contributed by atoms with van der Waals surface area (Å²) in [5.74, 6) is -0.376. The van der Waals surface area contributed by atoms with E-state index in [1.165, 1.54) is 6.21 Å². The number of carbonyl (C=O) groups is 2. The first-order valence-electron chi connectivity index (χ1n) is 11.8. The number of aldehydes is 1. The minimum absolute atomic E-state index is 0.102. The number of nitrogens with two attached hydrogens (primary N) is 1. The van der Waals surface area contributed by atoms with Crippen LogP contribution in [0.5, 0.6) is 0 Å². The number of esters is 1. The summed E-state index contributed by atoms with van der Waals surface area (Å²) in [4.78, 5) is 24.5. The first kappa shape index (κ1) is 26.1. The molecule has 3 N–H and O–H groups in total. The molecular weight excluding hydrogens is 444 g/mol. The molecule has 2 aromatic carbocycles. The minimum atomic E-state index is -0.991. The minimum Gasteiger partial charge on any atom is -0.459 e. The van der Waals surface area contributed by atoms with E-state index in [0.717, 1.165) is 34.8 Å². The van der Waals surface area contributed by atoms with Crippen LogP contribution in [0.3, 0.4) is 0 Å². The molecule has 0 spiro atoms. The largest absolute Gasteiger partial charge is 0.459 e. The number of nitrogens with zero attached hydrogens (tertiary/aromatic N) is 3. The average molecular weight is 479 g/mol. The van der Waals surface area contributed by atoms with Crippen molar-refractivity contribution in [3.8, 4) is 11.1 Å². The highest BCUT2D eigenvalue weighted by Crippen LogP contribution is 2.33. The van der Waals surface area contributed by atoms with Gasteiger partial charge in [-0.05, 0) is 56.9 Å². The molecule has 0 bridgehead atoms. The van der Waals surface area contributed by atoms with E-state index in [-0.39, 0.29) is 18.6 Å². The molecule has 0 fully saturated rings. The zero-order valence-corrected chi connectivity index (χ0v) is 21.0. The van der Waals surface area contributed by atoms with Gasteiger partial charge in [0.25, 0.3) is 0 Å². The molecule has 1 heterocycles. The number of rotatable bonds is 9. The number of hydrogen-bond acceptors (Lipinski definition) is 7. The number of carbonyl (C=O) groups excluding carboxylic acids is 2. The molecule has 8 nitrogen and oxygen atoms in total. The van der Waals surface area contributed by atoms with Crippen molar-refractivity contribution in [1.29, 1.82) is 0 Å². The molecule has 0 aliphatic rings. The molecule has 0 aliphatic carbocycles. The summed E-state index contributed by atoms with van der Waals surface area (Å²) in [6.45, 7) is 9.38. The highest BCUT2D eigenvalue weighted by molar-refractivity contribution is 6.05. The molecule has 1 aromatic heterocycles. The normalized spacial score (nSPS) is 14.7. The van der Waals surface area contributed by atoms with Crippen LogP contribution in [0.2, 0.25) is 0 Å². The Balaban J connectivity index is 2.04. The summed E-state index contributed by atoms with van der Waals surface area (Å²) in [5, 5.41) is 18.0. The van der Waals surface area contributed by atoms with Crippen LogP contribution >= 0.6 is 0 Å². The number of hydrogen-bond donors (Lipinski definition) is 2. The van der Waals surface area contributed by atoms with Crippen LogP contribution in [0, 0.1) is 0 Å². The molecule has 35 heavy (non-hydrogen) atoms. The molecule has 3 rings (SSSR count). The Hall–Kier alpha value is -3.52. The second-order valence-corrected chi connectivity index (χ2v) is 9.92. The molecule has 0 saturated carbocycles. The zero-order valence-electron chi connectivity index (χ0n) is 21.0. The highest BCUT2D eigenvalue weighted by atomic mass is 16.6. The maximum Gasteiger partial charge on any atom is 0.318 e. The quantitative estimate of drug-likeness (QED) is 0.152. The summed E-state index contributed by atoms with van der Waals surface area (Å²) in [5.41, 5.74) is 8.22. The summed E-state index contributed by atoms with van der Waals surface area (Å²) in [7, 11) is 0. The van der Waals surface area contributed by atoms with E-state index in [1.54, 1.807) is 11.6 Å². The van der Waals surface area contributed by atoms with E-state index < -0.39 is 11.0 Å². The molecule has 8 heteroatoms. The Morgan fingerprint density at radius 3 is 2.43 bits per heavy atom. The van der Waals surface area contributed by atoms with E-state index in [4.69, 9.17) is 10.5 Å². The van der Waals surface area contributed by atoms with Crippen LogP contribution < -0.4 is 5.73 Å². The van der Waals surface area contributed by atoms with Gasteiger partial charge < -0.3 is 20.5 Å². The SMILES string of the molecule is CCCC(C=O)n1cc2c(C=NO)c(-c3ccc(C(C)(CN)C(=O)OC(C)(C)C)cc3)ccc2n1. The van der Waals surface area contributed by atoms with Gasteiger partial charge in [0.15, 0.2) is 0 Å². The van der Waals surface area contributed by atoms with Crippen molar-refractivity contribution < 1.29 is 19.5 Å². The standard InChI is InChI=1S/C27H34N4O4/c1-6-7-20(16-32)31-15-23-22(14-29-34)21(12-13-24(23)30-31)18-8-10-19(11-9-18)27(5,17-28)25(33)35-26(2,3)4/h8-16,20,34H,6-7,17,28H2,1-5H3. The Kier molecular flexibility index (Phi) is 7.75. The topological polar surface area (TPSA) is 120 Å². The molecule has 0 aliphatic heterocycles. The smallest absolute Gasteiger partial charge is 0.318 e. The zero-order chi connectivity index (χ0) is 25.8. The van der Waals surface area contributed by atoms with Gasteiger partial charge in [0.05, 0.1) is 11.7 Å². The van der Waals surface area contributed by atoms with Crippen LogP contribution in [-0.4, -0.2) is 45.6 Å². The summed E-state index contributed by atoms with van der Waals surface area (Å²) >= 11 is 0. The first-order valence-corrected chi connectivity index (χ1v) is 11.8. The molecule has 0 saturated heterocycles.